The first-order valence-corrected chi connectivity index (χ1v) is 7.81. The van der Waals surface area contributed by atoms with Crippen LogP contribution in [0, 0.1) is 11.3 Å². The van der Waals surface area contributed by atoms with E-state index in [-0.39, 0.29) is 5.84 Å². The van der Waals surface area contributed by atoms with Crippen LogP contribution < -0.4 is 10.6 Å². The Labute approximate surface area is 120 Å². The van der Waals surface area contributed by atoms with Crippen molar-refractivity contribution in [1.82, 2.24) is 4.98 Å². The predicted molar refractivity (Wildman–Crippen MR) is 82.5 cm³/mol. The van der Waals surface area contributed by atoms with Crippen LogP contribution in [0.2, 0.25) is 0 Å². The van der Waals surface area contributed by atoms with E-state index in [1.165, 1.54) is 36.9 Å². The van der Waals surface area contributed by atoms with Crippen LogP contribution in [0.1, 0.15) is 49.4 Å². The molecule has 0 unspecified atom stereocenters. The van der Waals surface area contributed by atoms with E-state index in [4.69, 9.17) is 16.1 Å². The lowest BCUT2D eigenvalue weighted by molar-refractivity contribution is 0.393. The summed E-state index contributed by atoms with van der Waals surface area (Å²) in [6, 6.07) is 2.11. The highest BCUT2D eigenvalue weighted by atomic mass is 15.2. The number of nitrogens with zero attached hydrogens (tertiary/aromatic N) is 2. The fourth-order valence-electron chi connectivity index (χ4n) is 3.45. The fourth-order valence-corrected chi connectivity index (χ4v) is 3.45. The topological polar surface area (TPSA) is 66.0 Å². The number of anilines is 1. The van der Waals surface area contributed by atoms with Gasteiger partial charge in [0.25, 0.3) is 0 Å². The molecule has 0 aromatic carbocycles. The third-order valence-corrected chi connectivity index (χ3v) is 4.81. The van der Waals surface area contributed by atoms with Gasteiger partial charge >= 0.3 is 0 Å². The third kappa shape index (κ3) is 2.39. The van der Waals surface area contributed by atoms with Gasteiger partial charge in [0.1, 0.15) is 11.7 Å². The minimum atomic E-state index is 0.153. The number of hydrogen-bond acceptors (Lipinski definition) is 3. The van der Waals surface area contributed by atoms with Crippen LogP contribution in [0.4, 0.5) is 5.82 Å². The molecule has 4 nitrogen and oxygen atoms in total. The van der Waals surface area contributed by atoms with Crippen LogP contribution in [-0.4, -0.2) is 23.9 Å². The molecule has 0 amide bonds. The van der Waals surface area contributed by atoms with Gasteiger partial charge in [0.2, 0.25) is 0 Å². The number of pyridine rings is 1. The van der Waals surface area contributed by atoms with Crippen molar-refractivity contribution >= 4 is 11.7 Å². The van der Waals surface area contributed by atoms with Crippen LogP contribution >= 0.6 is 0 Å². The van der Waals surface area contributed by atoms with Crippen molar-refractivity contribution in [3.8, 4) is 0 Å². The number of nitrogens with one attached hydrogen (secondary N) is 1. The van der Waals surface area contributed by atoms with Crippen molar-refractivity contribution in [2.75, 3.05) is 18.0 Å². The predicted octanol–water partition coefficient (Wildman–Crippen LogP) is 2.48. The van der Waals surface area contributed by atoms with Crippen LogP contribution in [0.15, 0.2) is 6.07 Å². The van der Waals surface area contributed by atoms with Gasteiger partial charge in [-0.05, 0) is 49.7 Å². The van der Waals surface area contributed by atoms with Crippen molar-refractivity contribution in [3.05, 3.63) is 22.9 Å². The zero-order chi connectivity index (χ0) is 14.1. The molecule has 1 aliphatic carbocycles. The summed E-state index contributed by atoms with van der Waals surface area (Å²) < 4.78 is 0. The van der Waals surface area contributed by atoms with Crippen molar-refractivity contribution in [1.29, 1.82) is 5.41 Å². The maximum absolute atomic E-state index is 7.84. The second-order valence-electron chi connectivity index (χ2n) is 6.07. The largest absolute Gasteiger partial charge is 0.384 e. The Hall–Kier alpha value is -1.58. The number of fused-ring (bicyclic) bond motifs is 1. The molecule has 1 aliphatic heterocycles. The highest BCUT2D eigenvalue weighted by Gasteiger charge is 2.24. The molecule has 2 heterocycles. The molecule has 20 heavy (non-hydrogen) atoms. The molecule has 0 spiro atoms. The Kier molecular flexibility index (Phi) is 3.64. The summed E-state index contributed by atoms with van der Waals surface area (Å²) in [5, 5.41) is 7.84. The average Bonchev–Trinajstić information content (AvgIpc) is 2.93. The second-order valence-corrected chi connectivity index (χ2v) is 6.07. The van der Waals surface area contributed by atoms with Crippen LogP contribution in [0.5, 0.6) is 0 Å². The zero-order valence-electron chi connectivity index (χ0n) is 12.3. The third-order valence-electron chi connectivity index (χ3n) is 4.81. The number of amidine groups is 1. The Morgan fingerprint density at radius 2 is 2.15 bits per heavy atom. The molecule has 0 bridgehead atoms. The number of nitrogen functional groups attached to an aromatic ring is 1. The molecule has 0 saturated carbocycles. The average molecular weight is 272 g/mol. The maximum atomic E-state index is 7.84. The molecule has 4 heteroatoms. The summed E-state index contributed by atoms with van der Waals surface area (Å²) in [5.41, 5.74) is 9.14. The maximum Gasteiger partial charge on any atom is 0.139 e. The Morgan fingerprint density at radius 3 is 2.80 bits per heavy atom. The van der Waals surface area contributed by atoms with Crippen molar-refractivity contribution in [2.45, 2.75) is 45.4 Å². The first kappa shape index (κ1) is 13.4. The van der Waals surface area contributed by atoms with E-state index in [9.17, 15) is 0 Å². The van der Waals surface area contributed by atoms with Gasteiger partial charge in [-0.1, -0.05) is 13.3 Å². The summed E-state index contributed by atoms with van der Waals surface area (Å²) in [7, 11) is 0. The van der Waals surface area contributed by atoms with Crippen molar-refractivity contribution in [3.63, 3.8) is 0 Å². The lowest BCUT2D eigenvalue weighted by Crippen LogP contribution is -2.36. The molecule has 3 N–H and O–H groups in total. The number of rotatable bonds is 3. The van der Waals surface area contributed by atoms with E-state index in [1.54, 1.807) is 0 Å². The summed E-state index contributed by atoms with van der Waals surface area (Å²) in [5.74, 6) is 1.95. The van der Waals surface area contributed by atoms with E-state index in [2.05, 4.69) is 17.9 Å². The summed E-state index contributed by atoms with van der Waals surface area (Å²) >= 11 is 0. The number of aromatic nitrogens is 1. The molecule has 0 atom stereocenters. The minimum absolute atomic E-state index is 0.153. The van der Waals surface area contributed by atoms with Gasteiger partial charge in [0, 0.05) is 18.8 Å². The van der Waals surface area contributed by atoms with Crippen LogP contribution in [0.3, 0.4) is 0 Å². The quantitative estimate of drug-likeness (QED) is 0.656. The fraction of sp³-hybridized carbons (Fsp3) is 0.625. The van der Waals surface area contributed by atoms with Crippen molar-refractivity contribution in [2.24, 2.45) is 11.7 Å². The Morgan fingerprint density at radius 1 is 1.40 bits per heavy atom. The summed E-state index contributed by atoms with van der Waals surface area (Å²) in [6.07, 6.45) is 7.07. The minimum Gasteiger partial charge on any atom is -0.384 e. The molecule has 108 valence electrons. The van der Waals surface area contributed by atoms with Gasteiger partial charge in [-0.3, -0.25) is 5.41 Å². The van der Waals surface area contributed by atoms with E-state index in [0.717, 1.165) is 43.2 Å². The van der Waals surface area contributed by atoms with Gasteiger partial charge in [-0.2, -0.15) is 0 Å². The highest BCUT2D eigenvalue weighted by Crippen LogP contribution is 2.30. The van der Waals surface area contributed by atoms with Gasteiger partial charge in [0.15, 0.2) is 0 Å². The summed E-state index contributed by atoms with van der Waals surface area (Å²) in [4.78, 5) is 7.19. The second kappa shape index (κ2) is 5.43. The normalized spacial score (nSPS) is 19.1. The molecule has 1 aromatic heterocycles. The van der Waals surface area contributed by atoms with Gasteiger partial charge in [-0.15, -0.1) is 0 Å². The van der Waals surface area contributed by atoms with E-state index >= 15 is 0 Å². The Bertz CT molecular complexity index is 515. The number of nitrogens with two attached hydrogens (primary N) is 1. The summed E-state index contributed by atoms with van der Waals surface area (Å²) in [6.45, 7) is 4.37. The van der Waals surface area contributed by atoms with Crippen LogP contribution in [-0.2, 0) is 12.8 Å². The van der Waals surface area contributed by atoms with E-state index in [1.807, 2.05) is 0 Å². The number of piperidine rings is 1. The molecule has 2 aliphatic rings. The standard InChI is InChI=1S/C16H24N4/c1-2-11-6-8-20(9-7-11)16-13(15(17)18)10-12-4-3-5-14(12)19-16/h10-11H,2-9H2,1H3,(H3,17,18). The first-order chi connectivity index (χ1) is 9.69. The SMILES string of the molecule is CCC1CCN(c2nc3c(cc2C(=N)N)CCC3)CC1. The molecule has 1 fully saturated rings. The first-order valence-electron chi connectivity index (χ1n) is 7.81. The molecule has 0 radical (unpaired) electrons. The lowest BCUT2D eigenvalue weighted by Gasteiger charge is -2.33. The molecule has 1 aromatic rings. The molecular formula is C16H24N4. The zero-order valence-corrected chi connectivity index (χ0v) is 12.3. The van der Waals surface area contributed by atoms with Gasteiger partial charge < -0.3 is 10.6 Å². The van der Waals surface area contributed by atoms with Gasteiger partial charge in [-0.25, -0.2) is 4.98 Å². The number of hydrogen-bond donors (Lipinski definition) is 2. The molecular weight excluding hydrogens is 248 g/mol. The van der Waals surface area contributed by atoms with E-state index < -0.39 is 0 Å². The van der Waals surface area contributed by atoms with Crippen molar-refractivity contribution < 1.29 is 0 Å². The highest BCUT2D eigenvalue weighted by molar-refractivity contribution is 6.00. The van der Waals surface area contributed by atoms with E-state index in [0.29, 0.717) is 0 Å². The smallest absolute Gasteiger partial charge is 0.139 e. The lowest BCUT2D eigenvalue weighted by atomic mass is 9.94. The molecule has 3 rings (SSSR count). The monoisotopic (exact) mass is 272 g/mol. The molecule has 1 saturated heterocycles. The van der Waals surface area contributed by atoms with Gasteiger partial charge in [0.05, 0.1) is 5.56 Å². The Balaban J connectivity index is 1.90. The van der Waals surface area contributed by atoms with Crippen LogP contribution in [0.25, 0.3) is 0 Å². The number of aryl methyl sites for hydroxylation is 2.